The van der Waals surface area contributed by atoms with E-state index in [1.807, 2.05) is 6.92 Å². The number of nitrogens with one attached hydrogen (secondary N) is 2. The Labute approximate surface area is 125 Å². The lowest BCUT2D eigenvalue weighted by molar-refractivity contribution is 0.111. The summed E-state index contributed by atoms with van der Waals surface area (Å²) in [5, 5.41) is 15.7. The number of aliphatic hydroxyl groups excluding tert-OH is 1. The zero-order valence-corrected chi connectivity index (χ0v) is 12.8. The molecule has 0 aromatic carbocycles. The predicted octanol–water partition coefficient (Wildman–Crippen LogP) is 1.67. The molecule has 1 saturated carbocycles. The molecule has 0 amide bonds. The molecule has 0 bridgehead atoms. The SMILES string of the molecule is CCCOc1nc(NC)nc(NCC2CCC(O)CC2)n1. The Bertz CT molecular complexity index is 435. The molecule has 1 aliphatic rings. The fraction of sp³-hybridized carbons (Fsp3) is 0.786. The number of aromatic nitrogens is 3. The highest BCUT2D eigenvalue weighted by molar-refractivity contribution is 5.35. The minimum absolute atomic E-state index is 0.122. The third-order valence-electron chi connectivity index (χ3n) is 3.64. The van der Waals surface area contributed by atoms with E-state index >= 15 is 0 Å². The summed E-state index contributed by atoms with van der Waals surface area (Å²) in [6, 6.07) is 0.345. The first-order chi connectivity index (χ1) is 10.2. The van der Waals surface area contributed by atoms with Gasteiger partial charge < -0.3 is 20.5 Å². The van der Waals surface area contributed by atoms with E-state index in [1.165, 1.54) is 0 Å². The zero-order chi connectivity index (χ0) is 15.1. The van der Waals surface area contributed by atoms with Crippen LogP contribution in [0.3, 0.4) is 0 Å². The molecule has 1 fully saturated rings. The zero-order valence-electron chi connectivity index (χ0n) is 12.8. The third-order valence-corrected chi connectivity index (χ3v) is 3.64. The van der Waals surface area contributed by atoms with Crippen molar-refractivity contribution in [2.45, 2.75) is 45.1 Å². The Morgan fingerprint density at radius 2 is 1.86 bits per heavy atom. The van der Waals surface area contributed by atoms with Gasteiger partial charge in [0.2, 0.25) is 11.9 Å². The molecule has 0 saturated heterocycles. The van der Waals surface area contributed by atoms with Crippen LogP contribution in [0.1, 0.15) is 39.0 Å². The van der Waals surface area contributed by atoms with Crippen LogP contribution >= 0.6 is 0 Å². The van der Waals surface area contributed by atoms with Gasteiger partial charge >= 0.3 is 6.01 Å². The summed E-state index contributed by atoms with van der Waals surface area (Å²) in [5.74, 6) is 1.59. The Morgan fingerprint density at radius 1 is 1.14 bits per heavy atom. The van der Waals surface area contributed by atoms with Crippen LogP contribution in [-0.2, 0) is 0 Å². The summed E-state index contributed by atoms with van der Waals surface area (Å²) in [4.78, 5) is 12.7. The van der Waals surface area contributed by atoms with Gasteiger partial charge in [-0.3, -0.25) is 0 Å². The molecular formula is C14H25N5O2. The van der Waals surface area contributed by atoms with Gasteiger partial charge in [-0.05, 0) is 38.0 Å². The quantitative estimate of drug-likeness (QED) is 0.704. The second-order valence-corrected chi connectivity index (χ2v) is 5.42. The molecular weight excluding hydrogens is 270 g/mol. The minimum Gasteiger partial charge on any atom is -0.463 e. The lowest BCUT2D eigenvalue weighted by atomic mass is 9.87. The summed E-state index contributed by atoms with van der Waals surface area (Å²) in [7, 11) is 1.77. The molecule has 1 aromatic heterocycles. The largest absolute Gasteiger partial charge is 0.463 e. The van der Waals surface area contributed by atoms with Crippen LogP contribution in [0.5, 0.6) is 6.01 Å². The van der Waals surface area contributed by atoms with Gasteiger partial charge in [-0.25, -0.2) is 0 Å². The second-order valence-electron chi connectivity index (χ2n) is 5.42. The highest BCUT2D eigenvalue weighted by Gasteiger charge is 2.19. The predicted molar refractivity (Wildman–Crippen MR) is 81.6 cm³/mol. The maximum Gasteiger partial charge on any atom is 0.323 e. The van der Waals surface area contributed by atoms with Crippen LogP contribution in [0, 0.1) is 5.92 Å². The van der Waals surface area contributed by atoms with E-state index in [1.54, 1.807) is 7.05 Å². The van der Waals surface area contributed by atoms with E-state index in [9.17, 15) is 5.11 Å². The van der Waals surface area contributed by atoms with E-state index < -0.39 is 0 Å². The van der Waals surface area contributed by atoms with Crippen LogP contribution in [0.4, 0.5) is 11.9 Å². The van der Waals surface area contributed by atoms with Crippen LogP contribution in [-0.4, -0.2) is 46.4 Å². The maximum atomic E-state index is 9.52. The first-order valence-corrected chi connectivity index (χ1v) is 7.69. The van der Waals surface area contributed by atoms with E-state index in [0.29, 0.717) is 30.4 Å². The molecule has 0 aliphatic heterocycles. The van der Waals surface area contributed by atoms with Crippen molar-refractivity contribution in [3.05, 3.63) is 0 Å². The first kappa shape index (κ1) is 15.8. The van der Waals surface area contributed by atoms with Crippen molar-refractivity contribution in [1.82, 2.24) is 15.0 Å². The molecule has 0 atom stereocenters. The maximum absolute atomic E-state index is 9.52. The summed E-state index contributed by atoms with van der Waals surface area (Å²) >= 11 is 0. The molecule has 3 N–H and O–H groups in total. The van der Waals surface area contributed by atoms with Crippen LogP contribution in [0.25, 0.3) is 0 Å². The number of ether oxygens (including phenoxy) is 1. The third kappa shape index (κ3) is 5.00. The molecule has 7 nitrogen and oxygen atoms in total. The van der Waals surface area contributed by atoms with Crippen molar-refractivity contribution in [2.24, 2.45) is 5.92 Å². The van der Waals surface area contributed by atoms with E-state index in [-0.39, 0.29) is 6.10 Å². The molecule has 0 spiro atoms. The number of hydrogen-bond donors (Lipinski definition) is 3. The summed E-state index contributed by atoms with van der Waals surface area (Å²) < 4.78 is 5.47. The molecule has 0 unspecified atom stereocenters. The molecule has 1 aliphatic carbocycles. The van der Waals surface area contributed by atoms with Crippen molar-refractivity contribution in [1.29, 1.82) is 0 Å². The van der Waals surface area contributed by atoms with Gasteiger partial charge in [0.05, 0.1) is 12.7 Å². The van der Waals surface area contributed by atoms with Crippen molar-refractivity contribution in [3.63, 3.8) is 0 Å². The van der Waals surface area contributed by atoms with Crippen LogP contribution < -0.4 is 15.4 Å². The normalized spacial score (nSPS) is 21.9. The molecule has 118 valence electrons. The van der Waals surface area contributed by atoms with E-state index in [2.05, 4.69) is 25.6 Å². The number of hydrogen-bond acceptors (Lipinski definition) is 7. The van der Waals surface area contributed by atoms with Gasteiger partial charge in [0.1, 0.15) is 0 Å². The number of rotatable bonds is 7. The Kier molecular flexibility index (Phi) is 5.98. The average molecular weight is 295 g/mol. The second kappa shape index (κ2) is 7.97. The minimum atomic E-state index is -0.122. The fourth-order valence-electron chi connectivity index (χ4n) is 2.39. The Hall–Kier alpha value is -1.63. The monoisotopic (exact) mass is 295 g/mol. The lowest BCUT2D eigenvalue weighted by Gasteiger charge is -2.25. The van der Waals surface area contributed by atoms with Crippen LogP contribution in [0.15, 0.2) is 0 Å². The standard InChI is InChI=1S/C14H25N5O2/c1-3-8-21-14-18-12(15-2)17-13(19-14)16-9-10-4-6-11(20)7-5-10/h10-11,20H,3-9H2,1-2H3,(H2,15,16,17,18,19). The van der Waals surface area contributed by atoms with Crippen molar-refractivity contribution in [2.75, 3.05) is 30.8 Å². The molecule has 0 radical (unpaired) electrons. The van der Waals surface area contributed by atoms with Crippen LogP contribution in [0.2, 0.25) is 0 Å². The van der Waals surface area contributed by atoms with Gasteiger partial charge in [-0.2, -0.15) is 15.0 Å². The highest BCUT2D eigenvalue weighted by atomic mass is 16.5. The molecule has 2 rings (SSSR count). The van der Waals surface area contributed by atoms with Crippen molar-refractivity contribution >= 4 is 11.9 Å². The number of aliphatic hydroxyl groups is 1. The lowest BCUT2D eigenvalue weighted by Crippen LogP contribution is -2.24. The van der Waals surface area contributed by atoms with Crippen molar-refractivity contribution in [3.8, 4) is 6.01 Å². The smallest absolute Gasteiger partial charge is 0.323 e. The summed E-state index contributed by atoms with van der Waals surface area (Å²) in [5.41, 5.74) is 0. The topological polar surface area (TPSA) is 92.2 Å². The van der Waals surface area contributed by atoms with Gasteiger partial charge in [-0.15, -0.1) is 0 Å². The molecule has 1 heterocycles. The van der Waals surface area contributed by atoms with Crippen molar-refractivity contribution < 1.29 is 9.84 Å². The summed E-state index contributed by atoms with van der Waals surface area (Å²) in [6.45, 7) is 3.44. The number of nitrogens with zero attached hydrogens (tertiary/aromatic N) is 3. The van der Waals surface area contributed by atoms with E-state index in [0.717, 1.165) is 38.6 Å². The first-order valence-electron chi connectivity index (χ1n) is 7.69. The van der Waals surface area contributed by atoms with Gasteiger partial charge in [0.25, 0.3) is 0 Å². The van der Waals surface area contributed by atoms with E-state index in [4.69, 9.17) is 4.74 Å². The highest BCUT2D eigenvalue weighted by Crippen LogP contribution is 2.24. The average Bonchev–Trinajstić information content (AvgIpc) is 2.52. The van der Waals surface area contributed by atoms with Gasteiger partial charge in [-0.1, -0.05) is 6.92 Å². The molecule has 1 aromatic rings. The number of anilines is 2. The van der Waals surface area contributed by atoms with Gasteiger partial charge in [0, 0.05) is 13.6 Å². The Morgan fingerprint density at radius 3 is 2.52 bits per heavy atom. The Balaban J connectivity index is 1.91. The fourth-order valence-corrected chi connectivity index (χ4v) is 2.39. The summed E-state index contributed by atoms with van der Waals surface area (Å²) in [6.07, 6.45) is 4.64. The van der Waals surface area contributed by atoms with Gasteiger partial charge in [0.15, 0.2) is 0 Å². The molecule has 7 heteroatoms. The molecule has 21 heavy (non-hydrogen) atoms.